The lowest BCUT2D eigenvalue weighted by Crippen LogP contribution is -2.45. The highest BCUT2D eigenvalue weighted by molar-refractivity contribution is 6.32. The first-order chi connectivity index (χ1) is 9.13. The Kier molecular flexibility index (Phi) is 9.17. The number of benzene rings is 1. The summed E-state index contributed by atoms with van der Waals surface area (Å²) in [4.78, 5) is 12.9. The van der Waals surface area contributed by atoms with Crippen LogP contribution in [0.3, 0.4) is 0 Å². The molecule has 8 heteroatoms. The highest BCUT2D eigenvalue weighted by atomic mass is 35.5. The van der Waals surface area contributed by atoms with Crippen LogP contribution in [0.15, 0.2) is 18.2 Å². The zero-order valence-electron chi connectivity index (χ0n) is 11.8. The van der Waals surface area contributed by atoms with Gasteiger partial charge in [-0.3, -0.25) is 15.0 Å². The number of nitro benzene ring substituents is 1. The molecule has 0 amide bonds. The molecule has 0 aromatic heterocycles. The molecular formula is C13H20Cl3N3O2. The molecule has 120 valence electrons. The molecule has 1 atom stereocenters. The summed E-state index contributed by atoms with van der Waals surface area (Å²) in [6.45, 7) is 5.97. The van der Waals surface area contributed by atoms with Crippen molar-refractivity contribution in [2.75, 3.05) is 26.2 Å². The monoisotopic (exact) mass is 355 g/mol. The lowest BCUT2D eigenvalue weighted by molar-refractivity contribution is -0.384. The quantitative estimate of drug-likeness (QED) is 0.663. The lowest BCUT2D eigenvalue weighted by atomic mass is 10.0. The molecule has 1 N–H and O–H groups in total. The predicted molar refractivity (Wildman–Crippen MR) is 90.1 cm³/mol. The van der Waals surface area contributed by atoms with E-state index in [0.717, 1.165) is 38.2 Å². The molecule has 5 nitrogen and oxygen atoms in total. The molecule has 2 rings (SSSR count). The van der Waals surface area contributed by atoms with Gasteiger partial charge in [-0.2, -0.15) is 0 Å². The number of hydrogen-bond donors (Lipinski definition) is 1. The van der Waals surface area contributed by atoms with E-state index in [1.54, 1.807) is 12.1 Å². The molecule has 1 aromatic carbocycles. The van der Waals surface area contributed by atoms with Crippen LogP contribution in [0.2, 0.25) is 5.02 Å². The maximum Gasteiger partial charge on any atom is 0.288 e. The molecule has 0 aliphatic carbocycles. The van der Waals surface area contributed by atoms with Gasteiger partial charge in [-0.15, -0.1) is 24.8 Å². The zero-order valence-corrected chi connectivity index (χ0v) is 14.1. The molecule has 1 saturated heterocycles. The standard InChI is InChI=1S/C13H18ClN3O2.2ClH/c1-2-12(16-7-5-15-6-8-16)10-3-4-11(14)13(9-10)17(18)19;;/h3-4,9,12,15H,2,5-8H2,1H3;2*1H/t12-;;/m1../s1. The summed E-state index contributed by atoms with van der Waals surface area (Å²) in [5, 5.41) is 14.5. The fourth-order valence-corrected chi connectivity index (χ4v) is 2.76. The van der Waals surface area contributed by atoms with Gasteiger partial charge < -0.3 is 5.32 Å². The summed E-state index contributed by atoms with van der Waals surface area (Å²) in [6, 6.07) is 5.35. The second-order valence-electron chi connectivity index (χ2n) is 4.68. The Hall–Kier alpha value is -0.590. The van der Waals surface area contributed by atoms with Gasteiger partial charge in [-0.1, -0.05) is 24.6 Å². The first-order valence-electron chi connectivity index (χ1n) is 6.52. The van der Waals surface area contributed by atoms with Crippen molar-refractivity contribution in [3.05, 3.63) is 38.9 Å². The summed E-state index contributed by atoms with van der Waals surface area (Å²) in [7, 11) is 0. The molecule has 1 fully saturated rings. The van der Waals surface area contributed by atoms with Crippen molar-refractivity contribution in [1.82, 2.24) is 10.2 Å². The van der Waals surface area contributed by atoms with Gasteiger partial charge in [0.05, 0.1) is 4.92 Å². The van der Waals surface area contributed by atoms with E-state index in [0.29, 0.717) is 0 Å². The lowest BCUT2D eigenvalue weighted by Gasteiger charge is -2.34. The van der Waals surface area contributed by atoms with Crippen molar-refractivity contribution in [1.29, 1.82) is 0 Å². The van der Waals surface area contributed by atoms with Crippen LogP contribution in [0.4, 0.5) is 5.69 Å². The van der Waals surface area contributed by atoms with Crippen LogP contribution in [0.25, 0.3) is 0 Å². The maximum absolute atomic E-state index is 11.0. The van der Waals surface area contributed by atoms with Gasteiger partial charge in [0.25, 0.3) is 5.69 Å². The van der Waals surface area contributed by atoms with Crippen LogP contribution in [-0.2, 0) is 0 Å². The van der Waals surface area contributed by atoms with Gasteiger partial charge in [0.2, 0.25) is 0 Å². The summed E-state index contributed by atoms with van der Waals surface area (Å²) in [5.41, 5.74) is 0.966. The van der Waals surface area contributed by atoms with Crippen molar-refractivity contribution in [2.45, 2.75) is 19.4 Å². The van der Waals surface area contributed by atoms with Crippen LogP contribution < -0.4 is 5.32 Å². The molecule has 1 aliphatic rings. The minimum Gasteiger partial charge on any atom is -0.314 e. The van der Waals surface area contributed by atoms with Gasteiger partial charge in [0.15, 0.2) is 0 Å². The summed E-state index contributed by atoms with van der Waals surface area (Å²) in [6.07, 6.45) is 0.929. The fourth-order valence-electron chi connectivity index (χ4n) is 2.58. The predicted octanol–water partition coefficient (Wildman–Crippen LogP) is 3.45. The van der Waals surface area contributed by atoms with Gasteiger partial charge in [-0.25, -0.2) is 0 Å². The third kappa shape index (κ3) is 4.97. The molecular weight excluding hydrogens is 337 g/mol. The molecule has 1 aliphatic heterocycles. The SMILES string of the molecule is CC[C@H](c1ccc(Cl)c([N+](=O)[O-])c1)N1CCNCC1.Cl.Cl. The molecule has 0 spiro atoms. The third-order valence-corrected chi connectivity index (χ3v) is 3.85. The van der Waals surface area contributed by atoms with E-state index in [4.69, 9.17) is 11.6 Å². The van der Waals surface area contributed by atoms with E-state index < -0.39 is 4.92 Å². The van der Waals surface area contributed by atoms with E-state index in [9.17, 15) is 10.1 Å². The van der Waals surface area contributed by atoms with Crippen molar-refractivity contribution < 1.29 is 4.92 Å². The summed E-state index contributed by atoms with van der Waals surface area (Å²) in [5.74, 6) is 0. The van der Waals surface area contributed by atoms with Crippen molar-refractivity contribution in [3.63, 3.8) is 0 Å². The Morgan fingerprint density at radius 1 is 1.38 bits per heavy atom. The number of nitro groups is 1. The molecule has 0 bridgehead atoms. The van der Waals surface area contributed by atoms with Crippen molar-refractivity contribution >= 4 is 42.1 Å². The van der Waals surface area contributed by atoms with E-state index in [1.807, 2.05) is 6.07 Å². The van der Waals surface area contributed by atoms with E-state index in [2.05, 4.69) is 17.1 Å². The number of nitrogens with zero attached hydrogens (tertiary/aromatic N) is 2. The minimum atomic E-state index is -0.420. The molecule has 1 aromatic rings. The number of piperazine rings is 1. The number of rotatable bonds is 4. The Balaban J connectivity index is 0.00000200. The smallest absolute Gasteiger partial charge is 0.288 e. The first kappa shape index (κ1) is 20.4. The van der Waals surface area contributed by atoms with Crippen molar-refractivity contribution in [2.24, 2.45) is 0 Å². The van der Waals surface area contributed by atoms with E-state index in [-0.39, 0.29) is 41.6 Å². The zero-order chi connectivity index (χ0) is 13.8. The van der Waals surface area contributed by atoms with Gasteiger partial charge >= 0.3 is 0 Å². The first-order valence-corrected chi connectivity index (χ1v) is 6.90. The Morgan fingerprint density at radius 3 is 2.52 bits per heavy atom. The van der Waals surface area contributed by atoms with E-state index >= 15 is 0 Å². The average Bonchev–Trinajstić information content (AvgIpc) is 2.42. The minimum absolute atomic E-state index is 0. The number of halogens is 3. The van der Waals surface area contributed by atoms with Gasteiger partial charge in [0, 0.05) is 38.3 Å². The Morgan fingerprint density at radius 2 is 2.00 bits per heavy atom. The second-order valence-corrected chi connectivity index (χ2v) is 5.09. The van der Waals surface area contributed by atoms with Crippen molar-refractivity contribution in [3.8, 4) is 0 Å². The van der Waals surface area contributed by atoms with E-state index in [1.165, 1.54) is 0 Å². The van der Waals surface area contributed by atoms with Crippen LogP contribution in [0, 0.1) is 10.1 Å². The van der Waals surface area contributed by atoms with Gasteiger partial charge in [-0.05, 0) is 18.1 Å². The topological polar surface area (TPSA) is 58.4 Å². The normalized spacial score (nSPS) is 16.5. The summed E-state index contributed by atoms with van der Waals surface area (Å²) >= 11 is 5.86. The molecule has 21 heavy (non-hydrogen) atoms. The molecule has 0 saturated carbocycles. The highest BCUT2D eigenvalue weighted by Crippen LogP contribution is 2.31. The molecule has 0 radical (unpaired) electrons. The van der Waals surface area contributed by atoms with Crippen LogP contribution in [0.5, 0.6) is 0 Å². The molecule has 0 unspecified atom stereocenters. The maximum atomic E-state index is 11.0. The third-order valence-electron chi connectivity index (χ3n) is 3.53. The average molecular weight is 357 g/mol. The number of nitrogens with one attached hydrogen (secondary N) is 1. The summed E-state index contributed by atoms with van der Waals surface area (Å²) < 4.78 is 0. The molecule has 1 heterocycles. The fraction of sp³-hybridized carbons (Fsp3) is 0.538. The van der Waals surface area contributed by atoms with Gasteiger partial charge in [0.1, 0.15) is 5.02 Å². The Bertz CT molecular complexity index is 468. The second kappa shape index (κ2) is 9.43. The largest absolute Gasteiger partial charge is 0.314 e. The highest BCUT2D eigenvalue weighted by Gasteiger charge is 2.23. The number of hydrogen-bond acceptors (Lipinski definition) is 4. The Labute approximate surface area is 142 Å². The van der Waals surface area contributed by atoms with Crippen LogP contribution in [0.1, 0.15) is 24.9 Å². The van der Waals surface area contributed by atoms with Crippen LogP contribution in [-0.4, -0.2) is 36.0 Å². The van der Waals surface area contributed by atoms with Crippen LogP contribution >= 0.6 is 36.4 Å².